The lowest BCUT2D eigenvalue weighted by Gasteiger charge is -2.17. The van der Waals surface area contributed by atoms with E-state index in [-0.39, 0.29) is 6.16 Å². The Morgan fingerprint density at radius 3 is 2.30 bits per heavy atom. The van der Waals surface area contributed by atoms with Gasteiger partial charge >= 0.3 is 13.6 Å². The number of ether oxygens (including phenoxy) is 1. The number of nitriles is 1. The normalized spacial score (nSPS) is 12.1. The molecule has 1 aromatic carbocycles. The Hall–Kier alpha value is -2.20. The lowest BCUT2D eigenvalue weighted by Crippen LogP contribution is -2.41. The number of nitrogens with one attached hydrogen (secondary N) is 1. The summed E-state index contributed by atoms with van der Waals surface area (Å²) in [6.45, 7) is 0. The summed E-state index contributed by atoms with van der Waals surface area (Å²) >= 11 is 0. The van der Waals surface area contributed by atoms with Gasteiger partial charge in [0, 0.05) is 26.2 Å². The molecular formula is C18H25N2O6P. The van der Waals surface area contributed by atoms with Crippen LogP contribution in [0.2, 0.25) is 0 Å². The average molecular weight is 396 g/mol. The van der Waals surface area contributed by atoms with Crippen molar-refractivity contribution in [3.63, 3.8) is 0 Å². The summed E-state index contributed by atoms with van der Waals surface area (Å²) in [6.07, 6.45) is 2.15. The fourth-order valence-corrected chi connectivity index (χ4v) is 3.44. The van der Waals surface area contributed by atoms with Gasteiger partial charge in [-0.2, -0.15) is 5.26 Å². The smallest absolute Gasteiger partial charge is 0.334 e. The molecule has 0 aliphatic heterocycles. The Balaban J connectivity index is 2.74. The van der Waals surface area contributed by atoms with E-state index < -0.39 is 25.5 Å². The zero-order valence-electron chi connectivity index (χ0n) is 15.8. The molecule has 0 spiro atoms. The van der Waals surface area contributed by atoms with Crippen molar-refractivity contribution in [3.05, 3.63) is 35.4 Å². The highest BCUT2D eigenvalue weighted by Gasteiger charge is 2.23. The minimum absolute atomic E-state index is 0.0889. The van der Waals surface area contributed by atoms with Crippen molar-refractivity contribution in [1.29, 1.82) is 5.26 Å². The van der Waals surface area contributed by atoms with Crippen LogP contribution in [0.3, 0.4) is 0 Å². The van der Waals surface area contributed by atoms with Crippen molar-refractivity contribution in [2.45, 2.75) is 37.9 Å². The number of nitrogens with zero attached hydrogens (tertiary/aromatic N) is 1. The number of carbonyl (C=O) groups is 2. The van der Waals surface area contributed by atoms with Gasteiger partial charge in [0.1, 0.15) is 6.04 Å². The van der Waals surface area contributed by atoms with Crippen molar-refractivity contribution in [1.82, 2.24) is 5.32 Å². The van der Waals surface area contributed by atoms with E-state index in [1.807, 2.05) is 6.07 Å². The number of rotatable bonds is 11. The van der Waals surface area contributed by atoms with Crippen LogP contribution in [0, 0.1) is 11.3 Å². The number of hydrogen-bond acceptors (Lipinski definition) is 7. The molecule has 1 amide bonds. The maximum atomic E-state index is 12.4. The van der Waals surface area contributed by atoms with E-state index in [0.717, 1.165) is 0 Å². The monoisotopic (exact) mass is 396 g/mol. The van der Waals surface area contributed by atoms with Crippen LogP contribution >= 0.6 is 7.60 Å². The zero-order valence-corrected chi connectivity index (χ0v) is 16.7. The predicted octanol–water partition coefficient (Wildman–Crippen LogP) is 3.03. The molecule has 0 radical (unpaired) electrons. The largest absolute Gasteiger partial charge is 0.467 e. The van der Waals surface area contributed by atoms with Gasteiger partial charge in [-0.25, -0.2) is 4.79 Å². The SMILES string of the molecule is COC(=O)[C@H](CCCCC#N)NC(=O)c1ccc(CP(=O)(OC)OC)cc1. The first-order chi connectivity index (χ1) is 12.9. The van der Waals surface area contributed by atoms with Gasteiger partial charge in [-0.3, -0.25) is 9.36 Å². The van der Waals surface area contributed by atoms with Crippen LogP contribution in [-0.2, 0) is 29.3 Å². The number of carbonyl (C=O) groups excluding carboxylic acids is 2. The first-order valence-corrected chi connectivity index (χ1v) is 10.2. The molecule has 27 heavy (non-hydrogen) atoms. The highest BCUT2D eigenvalue weighted by molar-refractivity contribution is 7.52. The Morgan fingerprint density at radius 1 is 1.15 bits per heavy atom. The molecule has 0 saturated heterocycles. The summed E-state index contributed by atoms with van der Waals surface area (Å²) < 4.78 is 26.7. The summed E-state index contributed by atoms with van der Waals surface area (Å²) in [7, 11) is 0.705. The molecule has 8 nitrogen and oxygen atoms in total. The van der Waals surface area contributed by atoms with Gasteiger partial charge in [-0.1, -0.05) is 12.1 Å². The van der Waals surface area contributed by atoms with Crippen LogP contribution in [-0.4, -0.2) is 39.2 Å². The molecule has 0 heterocycles. The molecule has 0 aliphatic carbocycles. The Morgan fingerprint density at radius 2 is 1.78 bits per heavy atom. The maximum Gasteiger partial charge on any atom is 0.334 e. The molecule has 0 fully saturated rings. The summed E-state index contributed by atoms with van der Waals surface area (Å²) in [5, 5.41) is 11.2. The topological polar surface area (TPSA) is 115 Å². The van der Waals surface area contributed by atoms with Crippen molar-refractivity contribution < 1.29 is 27.9 Å². The third-order valence-electron chi connectivity index (χ3n) is 3.97. The molecule has 0 unspecified atom stereocenters. The fourth-order valence-electron chi connectivity index (χ4n) is 2.37. The van der Waals surface area contributed by atoms with Gasteiger partial charge in [-0.05, 0) is 37.0 Å². The van der Waals surface area contributed by atoms with Gasteiger partial charge in [0.15, 0.2) is 0 Å². The van der Waals surface area contributed by atoms with E-state index in [9.17, 15) is 14.2 Å². The van der Waals surface area contributed by atoms with Crippen LogP contribution in [0.4, 0.5) is 0 Å². The van der Waals surface area contributed by atoms with Crippen LogP contribution < -0.4 is 5.32 Å². The molecule has 1 aromatic rings. The van der Waals surface area contributed by atoms with Crippen molar-refractivity contribution in [2.24, 2.45) is 0 Å². The van der Waals surface area contributed by atoms with Gasteiger partial charge in [0.05, 0.1) is 19.3 Å². The molecule has 1 atom stereocenters. The summed E-state index contributed by atoms with van der Waals surface area (Å²) in [5.74, 6) is -0.947. The summed E-state index contributed by atoms with van der Waals surface area (Å²) in [5.41, 5.74) is 1.05. The van der Waals surface area contributed by atoms with E-state index in [4.69, 9.17) is 19.0 Å². The Kier molecular flexibility index (Phi) is 9.73. The highest BCUT2D eigenvalue weighted by Crippen LogP contribution is 2.49. The molecule has 9 heteroatoms. The van der Waals surface area contributed by atoms with Crippen LogP contribution in [0.1, 0.15) is 41.6 Å². The van der Waals surface area contributed by atoms with Crippen molar-refractivity contribution >= 4 is 19.5 Å². The van der Waals surface area contributed by atoms with E-state index in [1.165, 1.54) is 21.3 Å². The second-order valence-electron chi connectivity index (χ2n) is 5.78. The molecule has 148 valence electrons. The van der Waals surface area contributed by atoms with Crippen molar-refractivity contribution in [2.75, 3.05) is 21.3 Å². The number of esters is 1. The van der Waals surface area contributed by atoms with Gasteiger partial charge in [0.25, 0.3) is 5.91 Å². The van der Waals surface area contributed by atoms with E-state index in [2.05, 4.69) is 5.32 Å². The molecule has 0 saturated carbocycles. The third kappa shape index (κ3) is 7.51. The maximum absolute atomic E-state index is 12.4. The van der Waals surface area contributed by atoms with E-state index in [1.54, 1.807) is 24.3 Å². The minimum atomic E-state index is -3.18. The van der Waals surface area contributed by atoms with Crippen LogP contribution in [0.25, 0.3) is 0 Å². The summed E-state index contributed by atoms with van der Waals surface area (Å²) in [4.78, 5) is 24.3. The molecule has 1 rings (SSSR count). The van der Waals surface area contributed by atoms with Crippen LogP contribution in [0.15, 0.2) is 24.3 Å². The summed E-state index contributed by atoms with van der Waals surface area (Å²) in [6, 6.07) is 7.72. The highest BCUT2D eigenvalue weighted by atomic mass is 31.2. The lowest BCUT2D eigenvalue weighted by atomic mass is 10.1. The van der Waals surface area contributed by atoms with Crippen molar-refractivity contribution in [3.8, 4) is 6.07 Å². The molecule has 0 bridgehead atoms. The molecule has 1 N–H and O–H groups in total. The van der Waals surface area contributed by atoms with Gasteiger partial charge < -0.3 is 19.1 Å². The van der Waals surface area contributed by atoms with Crippen LogP contribution in [0.5, 0.6) is 0 Å². The lowest BCUT2D eigenvalue weighted by molar-refractivity contribution is -0.143. The zero-order chi connectivity index (χ0) is 20.3. The predicted molar refractivity (Wildman–Crippen MR) is 99.1 cm³/mol. The fraction of sp³-hybridized carbons (Fsp3) is 0.500. The number of hydrogen-bond donors (Lipinski definition) is 1. The Labute approximate surface area is 159 Å². The van der Waals surface area contributed by atoms with Gasteiger partial charge in [-0.15, -0.1) is 0 Å². The van der Waals surface area contributed by atoms with Gasteiger partial charge in [0.2, 0.25) is 0 Å². The second-order valence-corrected chi connectivity index (χ2v) is 8.05. The molecular weight excluding hydrogens is 371 g/mol. The minimum Gasteiger partial charge on any atom is -0.467 e. The van der Waals surface area contributed by atoms with E-state index >= 15 is 0 Å². The number of benzene rings is 1. The number of amides is 1. The quantitative estimate of drug-likeness (QED) is 0.347. The van der Waals surface area contributed by atoms with E-state index in [0.29, 0.717) is 36.8 Å². The molecule has 0 aromatic heterocycles. The third-order valence-corrected chi connectivity index (χ3v) is 5.84. The average Bonchev–Trinajstić information content (AvgIpc) is 2.69. The first-order valence-electron chi connectivity index (χ1n) is 8.44. The number of methoxy groups -OCH3 is 1. The first kappa shape index (κ1) is 22.8. The molecule has 0 aliphatic rings. The number of unbranched alkanes of at least 4 members (excludes halogenated alkanes) is 2. The Bertz CT molecular complexity index is 706. The standard InChI is InChI=1S/C18H25N2O6P/c1-24-18(22)16(7-5-4-6-12-19)20-17(21)15-10-8-14(9-11-15)13-27(23,25-2)26-3/h8-11,16H,4-7,13H2,1-3H3,(H,20,21)/t16-/m0/s1. The second kappa shape index (κ2) is 11.5.